The number of hydrogen-bond acceptors (Lipinski definition) is 5. The Labute approximate surface area is 176 Å². The lowest BCUT2D eigenvalue weighted by atomic mass is 9.86. The Hall–Kier alpha value is -2.94. The molecule has 0 bridgehead atoms. The standard InChI is InChI=1S/C20H20ClFN4O4/c1-25-13-4-2-3-5-14(13)26-9-10(17(27)18(28)16(26)20(25)30)19(29)24-8-12-15(22)11(21)6-7-23-12/h6-7,9,13-14,28H,2-5,8H2,1H3,(H,24,29)/t13-,14+/m1/s1. The molecule has 2 atom stereocenters. The van der Waals surface area contributed by atoms with Gasteiger partial charge in [-0.25, -0.2) is 4.39 Å². The molecule has 1 fully saturated rings. The molecule has 2 aromatic rings. The summed E-state index contributed by atoms with van der Waals surface area (Å²) in [7, 11) is 1.66. The fourth-order valence-electron chi connectivity index (χ4n) is 4.28. The summed E-state index contributed by atoms with van der Waals surface area (Å²) in [6.07, 6.45) is 6.11. The van der Waals surface area contributed by atoms with E-state index in [1.54, 1.807) is 16.5 Å². The van der Waals surface area contributed by atoms with Crippen LogP contribution >= 0.6 is 11.6 Å². The highest BCUT2D eigenvalue weighted by Crippen LogP contribution is 2.38. The Balaban J connectivity index is 1.69. The van der Waals surface area contributed by atoms with E-state index in [9.17, 15) is 23.9 Å². The molecule has 0 saturated heterocycles. The van der Waals surface area contributed by atoms with Gasteiger partial charge in [-0.15, -0.1) is 0 Å². The Bertz CT molecular complexity index is 1100. The summed E-state index contributed by atoms with van der Waals surface area (Å²) in [5.41, 5.74) is -1.46. The molecular formula is C20H20ClFN4O4. The summed E-state index contributed by atoms with van der Waals surface area (Å²) in [4.78, 5) is 43.4. The van der Waals surface area contributed by atoms with Gasteiger partial charge in [0.15, 0.2) is 17.3 Å². The van der Waals surface area contributed by atoms with Crippen molar-refractivity contribution >= 4 is 23.4 Å². The van der Waals surface area contributed by atoms with Crippen molar-refractivity contribution in [3.8, 4) is 5.75 Å². The Morgan fingerprint density at radius 2 is 2.03 bits per heavy atom. The molecule has 2 amide bonds. The molecule has 30 heavy (non-hydrogen) atoms. The number of rotatable bonds is 3. The van der Waals surface area contributed by atoms with E-state index in [2.05, 4.69) is 10.3 Å². The van der Waals surface area contributed by atoms with E-state index in [1.807, 2.05) is 0 Å². The maximum atomic E-state index is 14.0. The lowest BCUT2D eigenvalue weighted by Gasteiger charge is -2.44. The highest BCUT2D eigenvalue weighted by Gasteiger charge is 2.41. The minimum atomic E-state index is -0.950. The van der Waals surface area contributed by atoms with Crippen LogP contribution in [0.5, 0.6) is 5.75 Å². The third kappa shape index (κ3) is 3.23. The van der Waals surface area contributed by atoms with E-state index in [-0.39, 0.29) is 40.6 Å². The van der Waals surface area contributed by atoms with Gasteiger partial charge in [-0.3, -0.25) is 19.4 Å². The maximum Gasteiger partial charge on any atom is 0.274 e. The lowest BCUT2D eigenvalue weighted by Crippen LogP contribution is -2.51. The van der Waals surface area contributed by atoms with Crippen molar-refractivity contribution in [1.82, 2.24) is 19.8 Å². The van der Waals surface area contributed by atoms with E-state index in [0.717, 1.165) is 25.7 Å². The smallest absolute Gasteiger partial charge is 0.274 e. The second kappa shape index (κ2) is 7.71. The zero-order valence-corrected chi connectivity index (χ0v) is 16.9. The summed E-state index contributed by atoms with van der Waals surface area (Å²) in [6, 6.07) is 1.08. The molecule has 158 valence electrons. The lowest BCUT2D eigenvalue weighted by molar-refractivity contribution is 0.0507. The van der Waals surface area contributed by atoms with Crippen molar-refractivity contribution in [2.24, 2.45) is 0 Å². The van der Waals surface area contributed by atoms with Crippen LogP contribution in [0.15, 0.2) is 23.3 Å². The first-order chi connectivity index (χ1) is 14.3. The van der Waals surface area contributed by atoms with Gasteiger partial charge < -0.3 is 19.9 Å². The Kier molecular flexibility index (Phi) is 5.23. The number of pyridine rings is 2. The fourth-order valence-corrected chi connectivity index (χ4v) is 4.45. The molecule has 2 aromatic heterocycles. The van der Waals surface area contributed by atoms with E-state index in [1.165, 1.54) is 18.5 Å². The molecule has 0 spiro atoms. The number of fused-ring (bicyclic) bond motifs is 3. The van der Waals surface area contributed by atoms with Gasteiger partial charge in [0.1, 0.15) is 5.56 Å². The summed E-state index contributed by atoms with van der Waals surface area (Å²) in [5.74, 6) is -2.77. The average Bonchev–Trinajstić information content (AvgIpc) is 2.74. The predicted molar refractivity (Wildman–Crippen MR) is 106 cm³/mol. The first kappa shape index (κ1) is 20.3. The van der Waals surface area contributed by atoms with Crippen molar-refractivity contribution in [3.63, 3.8) is 0 Å². The number of carbonyl (C=O) groups is 2. The third-order valence-corrected chi connectivity index (χ3v) is 6.15. The molecule has 3 heterocycles. The molecule has 0 aromatic carbocycles. The van der Waals surface area contributed by atoms with Crippen LogP contribution in [0.25, 0.3) is 0 Å². The number of amides is 2. The second-order valence-electron chi connectivity index (χ2n) is 7.55. The maximum absolute atomic E-state index is 14.0. The van der Waals surface area contributed by atoms with Crippen LogP contribution in [0.3, 0.4) is 0 Å². The van der Waals surface area contributed by atoms with Crippen LogP contribution in [-0.4, -0.2) is 44.5 Å². The van der Waals surface area contributed by atoms with Crippen molar-refractivity contribution in [3.05, 3.63) is 56.5 Å². The van der Waals surface area contributed by atoms with E-state index in [4.69, 9.17) is 11.6 Å². The van der Waals surface area contributed by atoms with Crippen molar-refractivity contribution in [2.75, 3.05) is 7.05 Å². The summed E-state index contributed by atoms with van der Waals surface area (Å²) in [5, 5.41) is 12.8. The Morgan fingerprint density at radius 1 is 1.33 bits per heavy atom. The molecule has 1 saturated carbocycles. The Morgan fingerprint density at radius 3 is 2.77 bits per heavy atom. The molecule has 2 N–H and O–H groups in total. The number of nitrogens with zero attached hydrogens (tertiary/aromatic N) is 3. The van der Waals surface area contributed by atoms with E-state index >= 15 is 0 Å². The first-order valence-corrected chi connectivity index (χ1v) is 10.0. The highest BCUT2D eigenvalue weighted by molar-refractivity contribution is 6.30. The molecule has 1 aliphatic carbocycles. The molecule has 10 heteroatoms. The highest BCUT2D eigenvalue weighted by atomic mass is 35.5. The van der Waals surface area contributed by atoms with Gasteiger partial charge in [0.2, 0.25) is 5.43 Å². The summed E-state index contributed by atoms with van der Waals surface area (Å²) < 4.78 is 15.5. The number of hydrogen-bond donors (Lipinski definition) is 2. The van der Waals surface area contributed by atoms with E-state index in [0.29, 0.717) is 0 Å². The summed E-state index contributed by atoms with van der Waals surface area (Å²) in [6.45, 7) is -0.291. The average molecular weight is 435 g/mol. The number of halogens is 2. The monoisotopic (exact) mass is 434 g/mol. The zero-order chi connectivity index (χ0) is 21.6. The molecule has 8 nitrogen and oxygen atoms in total. The van der Waals surface area contributed by atoms with Crippen LogP contribution in [0, 0.1) is 5.82 Å². The number of aromatic hydroxyl groups is 1. The normalized spacial score (nSPS) is 20.5. The largest absolute Gasteiger partial charge is 0.503 e. The van der Waals surface area contributed by atoms with Crippen LogP contribution in [0.4, 0.5) is 4.39 Å². The van der Waals surface area contributed by atoms with Gasteiger partial charge in [-0.2, -0.15) is 0 Å². The first-order valence-electron chi connectivity index (χ1n) is 9.63. The number of carbonyl (C=O) groups excluding carboxylic acids is 2. The van der Waals surface area contributed by atoms with Crippen molar-refractivity contribution in [1.29, 1.82) is 0 Å². The van der Waals surface area contributed by atoms with Gasteiger partial charge in [0.25, 0.3) is 11.8 Å². The predicted octanol–water partition coefficient (Wildman–Crippen LogP) is 2.24. The molecular weight excluding hydrogens is 415 g/mol. The van der Waals surface area contributed by atoms with E-state index < -0.39 is 28.8 Å². The van der Waals surface area contributed by atoms with Gasteiger partial charge in [0, 0.05) is 19.4 Å². The second-order valence-corrected chi connectivity index (χ2v) is 7.95. The topological polar surface area (TPSA) is 105 Å². The molecule has 1 aliphatic heterocycles. The number of likely N-dealkylation sites (N-methyl/N-ethyl adjacent to an activating group) is 1. The van der Waals surface area contributed by atoms with Crippen LogP contribution in [0.2, 0.25) is 5.02 Å². The van der Waals surface area contributed by atoms with Gasteiger partial charge >= 0.3 is 0 Å². The minimum absolute atomic E-state index is 0.0682. The SMILES string of the molecule is CN1C(=O)c2c(O)c(=O)c(C(=O)NCc3nccc(Cl)c3F)cn2[C@H]2CCCC[C@H]21. The van der Waals surface area contributed by atoms with Gasteiger partial charge in [-0.1, -0.05) is 24.4 Å². The van der Waals surface area contributed by atoms with Crippen molar-refractivity contribution in [2.45, 2.75) is 44.3 Å². The van der Waals surface area contributed by atoms with Gasteiger partial charge in [-0.05, 0) is 18.9 Å². The fraction of sp³-hybridized carbons (Fsp3) is 0.400. The molecule has 2 aliphatic rings. The van der Waals surface area contributed by atoms with Crippen LogP contribution < -0.4 is 10.7 Å². The van der Waals surface area contributed by atoms with Crippen LogP contribution in [0.1, 0.15) is 58.3 Å². The van der Waals surface area contributed by atoms with Crippen molar-refractivity contribution < 1.29 is 19.1 Å². The number of nitrogens with one attached hydrogen (secondary N) is 1. The third-order valence-electron chi connectivity index (χ3n) is 5.86. The molecule has 4 rings (SSSR count). The zero-order valence-electron chi connectivity index (χ0n) is 16.2. The van der Waals surface area contributed by atoms with Gasteiger partial charge in [0.05, 0.1) is 29.3 Å². The number of aromatic nitrogens is 2. The quantitative estimate of drug-likeness (QED) is 0.770. The minimum Gasteiger partial charge on any atom is -0.503 e. The summed E-state index contributed by atoms with van der Waals surface area (Å²) >= 11 is 5.71. The molecule has 0 radical (unpaired) electrons. The van der Waals surface area contributed by atoms with Crippen LogP contribution in [-0.2, 0) is 6.54 Å². The molecule has 0 unspecified atom stereocenters.